The fraction of sp³-hybridized carbons (Fsp3) is 0.176. The van der Waals surface area contributed by atoms with Crippen LogP contribution in [0.25, 0.3) is 6.08 Å². The highest BCUT2D eigenvalue weighted by Crippen LogP contribution is 2.31. The molecule has 0 fully saturated rings. The van der Waals surface area contributed by atoms with Crippen LogP contribution in [0, 0.1) is 0 Å². The third-order valence-electron chi connectivity index (χ3n) is 2.97. The van der Waals surface area contributed by atoms with Crippen LogP contribution >= 0.6 is 11.3 Å². The number of thiophene rings is 1. The first-order valence-corrected chi connectivity index (χ1v) is 7.66. The van der Waals surface area contributed by atoms with Crippen molar-refractivity contribution in [2.24, 2.45) is 0 Å². The summed E-state index contributed by atoms with van der Waals surface area (Å²) in [5, 5.41) is 1.80. The van der Waals surface area contributed by atoms with Gasteiger partial charge in [-0.15, -0.1) is 11.3 Å². The van der Waals surface area contributed by atoms with Crippen LogP contribution in [0.15, 0.2) is 41.8 Å². The zero-order chi connectivity index (χ0) is 16.7. The van der Waals surface area contributed by atoms with Crippen LogP contribution < -0.4 is 9.47 Å². The summed E-state index contributed by atoms with van der Waals surface area (Å²) in [6.07, 6.45) is 2.80. The second kappa shape index (κ2) is 8.14. The molecule has 0 aliphatic rings. The minimum absolute atomic E-state index is 0.222. The van der Waals surface area contributed by atoms with Gasteiger partial charge in [-0.3, -0.25) is 4.79 Å². The monoisotopic (exact) mass is 332 g/mol. The van der Waals surface area contributed by atoms with E-state index < -0.39 is 5.97 Å². The molecule has 2 rings (SSSR count). The number of carbonyl (C=O) groups is 2. The molecule has 0 radical (unpaired) electrons. The first-order chi connectivity index (χ1) is 11.2. The molecule has 0 amide bonds. The largest absolute Gasteiger partial charge is 0.493 e. The molecule has 0 saturated carbocycles. The summed E-state index contributed by atoms with van der Waals surface area (Å²) in [5.41, 5.74) is 0.674. The van der Waals surface area contributed by atoms with E-state index >= 15 is 0 Å². The molecular formula is C17H16O5S. The van der Waals surface area contributed by atoms with Crippen molar-refractivity contribution in [1.82, 2.24) is 0 Å². The lowest BCUT2D eigenvalue weighted by Crippen LogP contribution is -2.11. The van der Waals surface area contributed by atoms with E-state index in [1.807, 2.05) is 0 Å². The molecule has 0 atom stereocenters. The average molecular weight is 332 g/mol. The van der Waals surface area contributed by atoms with Gasteiger partial charge in [0.05, 0.1) is 19.1 Å². The van der Waals surface area contributed by atoms with Crippen molar-refractivity contribution < 1.29 is 23.8 Å². The maximum atomic E-state index is 11.7. The van der Waals surface area contributed by atoms with E-state index in [1.54, 1.807) is 41.8 Å². The van der Waals surface area contributed by atoms with Crippen LogP contribution in [0.3, 0.4) is 0 Å². The molecule has 120 valence electrons. The normalized spacial score (nSPS) is 10.5. The fourth-order valence-electron chi connectivity index (χ4n) is 1.89. The highest BCUT2D eigenvalue weighted by atomic mass is 32.1. The molecule has 1 aromatic heterocycles. The van der Waals surface area contributed by atoms with Gasteiger partial charge in [-0.25, -0.2) is 4.79 Å². The molecule has 0 aliphatic carbocycles. The van der Waals surface area contributed by atoms with Crippen molar-refractivity contribution in [3.63, 3.8) is 0 Å². The van der Waals surface area contributed by atoms with Crippen molar-refractivity contribution in [3.8, 4) is 11.5 Å². The van der Waals surface area contributed by atoms with Crippen LogP contribution in [0.2, 0.25) is 0 Å². The van der Waals surface area contributed by atoms with Crippen LogP contribution in [-0.4, -0.2) is 32.6 Å². The van der Waals surface area contributed by atoms with Crippen LogP contribution in [0.1, 0.15) is 15.2 Å². The third-order valence-corrected chi connectivity index (χ3v) is 3.88. The van der Waals surface area contributed by atoms with Gasteiger partial charge >= 0.3 is 5.97 Å². The summed E-state index contributed by atoms with van der Waals surface area (Å²) >= 11 is 1.31. The lowest BCUT2D eigenvalue weighted by molar-refractivity contribution is -0.136. The molecule has 0 unspecified atom stereocenters. The number of rotatable bonds is 7. The maximum Gasteiger partial charge on any atom is 0.331 e. The number of ether oxygens (including phenoxy) is 3. The van der Waals surface area contributed by atoms with Crippen LogP contribution in [-0.2, 0) is 9.53 Å². The van der Waals surface area contributed by atoms with Crippen molar-refractivity contribution in [2.45, 2.75) is 0 Å². The highest BCUT2D eigenvalue weighted by molar-refractivity contribution is 7.12. The highest BCUT2D eigenvalue weighted by Gasteiger charge is 2.10. The number of para-hydroxylation sites is 1. The number of hydrogen-bond donors (Lipinski definition) is 0. The summed E-state index contributed by atoms with van der Waals surface area (Å²) in [6, 6.07) is 8.79. The summed E-state index contributed by atoms with van der Waals surface area (Å²) in [5.74, 6) is 0.269. The smallest absolute Gasteiger partial charge is 0.331 e. The number of hydrogen-bond acceptors (Lipinski definition) is 6. The summed E-state index contributed by atoms with van der Waals surface area (Å²) in [4.78, 5) is 24.0. The molecular weight excluding hydrogens is 316 g/mol. The molecule has 0 spiro atoms. The molecule has 0 bridgehead atoms. The van der Waals surface area contributed by atoms with Gasteiger partial charge in [0, 0.05) is 11.6 Å². The molecule has 0 aliphatic heterocycles. The van der Waals surface area contributed by atoms with Gasteiger partial charge < -0.3 is 14.2 Å². The van der Waals surface area contributed by atoms with Gasteiger partial charge in [0.25, 0.3) is 0 Å². The van der Waals surface area contributed by atoms with Crippen LogP contribution in [0.4, 0.5) is 0 Å². The number of methoxy groups -OCH3 is 2. The van der Waals surface area contributed by atoms with Crippen molar-refractivity contribution in [3.05, 3.63) is 52.2 Å². The Morgan fingerprint density at radius 1 is 1.13 bits per heavy atom. The number of Topliss-reactive ketones (excluding diaryl/α,β-unsaturated/α-hetero) is 1. The molecule has 2 aromatic rings. The second-order valence-corrected chi connectivity index (χ2v) is 5.37. The third kappa shape index (κ3) is 4.43. The summed E-state index contributed by atoms with van der Waals surface area (Å²) < 4.78 is 15.4. The fourth-order valence-corrected chi connectivity index (χ4v) is 2.55. The number of esters is 1. The predicted molar refractivity (Wildman–Crippen MR) is 88.2 cm³/mol. The Morgan fingerprint density at radius 3 is 2.61 bits per heavy atom. The minimum atomic E-state index is -0.597. The van der Waals surface area contributed by atoms with E-state index in [9.17, 15) is 9.59 Å². The zero-order valence-electron chi connectivity index (χ0n) is 12.8. The Kier molecular flexibility index (Phi) is 5.94. The maximum absolute atomic E-state index is 11.7. The average Bonchev–Trinajstić information content (AvgIpc) is 3.11. The van der Waals surface area contributed by atoms with E-state index in [-0.39, 0.29) is 12.4 Å². The number of ketones is 1. The van der Waals surface area contributed by atoms with Gasteiger partial charge in [-0.05, 0) is 23.6 Å². The van der Waals surface area contributed by atoms with Crippen molar-refractivity contribution in [2.75, 3.05) is 20.8 Å². The topological polar surface area (TPSA) is 61.8 Å². The van der Waals surface area contributed by atoms with E-state index in [0.717, 1.165) is 0 Å². The Balaban J connectivity index is 1.97. The standard InChI is InChI=1S/C17H16O5S/c1-20-14-6-3-5-12(17(14)21-2)8-9-16(19)22-11-13(18)15-7-4-10-23-15/h3-10H,11H2,1-2H3/b9-8+. The lowest BCUT2D eigenvalue weighted by Gasteiger charge is -2.09. The second-order valence-electron chi connectivity index (χ2n) is 4.42. The Morgan fingerprint density at radius 2 is 1.96 bits per heavy atom. The van der Waals surface area contributed by atoms with Gasteiger partial charge in [0.2, 0.25) is 5.78 Å². The van der Waals surface area contributed by atoms with Gasteiger partial charge in [0.15, 0.2) is 18.1 Å². The molecule has 0 saturated heterocycles. The molecule has 23 heavy (non-hydrogen) atoms. The number of benzene rings is 1. The van der Waals surface area contributed by atoms with E-state index in [0.29, 0.717) is 21.9 Å². The SMILES string of the molecule is COc1cccc(/C=C/C(=O)OCC(=O)c2cccs2)c1OC. The Bertz CT molecular complexity index is 704. The van der Waals surface area contributed by atoms with E-state index in [1.165, 1.54) is 31.6 Å². The van der Waals surface area contributed by atoms with Crippen LogP contribution in [0.5, 0.6) is 11.5 Å². The van der Waals surface area contributed by atoms with E-state index in [2.05, 4.69) is 0 Å². The van der Waals surface area contributed by atoms with Crippen molar-refractivity contribution in [1.29, 1.82) is 0 Å². The first-order valence-electron chi connectivity index (χ1n) is 6.78. The molecule has 6 heteroatoms. The van der Waals surface area contributed by atoms with Crippen molar-refractivity contribution >= 4 is 29.2 Å². The Hall–Kier alpha value is -2.60. The number of carbonyl (C=O) groups excluding carboxylic acids is 2. The molecule has 1 heterocycles. The molecule has 1 aromatic carbocycles. The first kappa shape index (κ1) is 16.8. The molecule has 5 nitrogen and oxygen atoms in total. The van der Waals surface area contributed by atoms with Gasteiger partial charge in [0.1, 0.15) is 0 Å². The quantitative estimate of drug-likeness (QED) is 0.443. The zero-order valence-corrected chi connectivity index (χ0v) is 13.6. The van der Waals surface area contributed by atoms with Gasteiger partial charge in [-0.1, -0.05) is 18.2 Å². The minimum Gasteiger partial charge on any atom is -0.493 e. The Labute approximate surface area is 138 Å². The van der Waals surface area contributed by atoms with Gasteiger partial charge in [-0.2, -0.15) is 0 Å². The predicted octanol–water partition coefficient (Wildman–Crippen LogP) is 3.20. The van der Waals surface area contributed by atoms with E-state index in [4.69, 9.17) is 14.2 Å². The lowest BCUT2D eigenvalue weighted by atomic mass is 10.1. The summed E-state index contributed by atoms with van der Waals surface area (Å²) in [7, 11) is 3.06. The molecule has 0 N–H and O–H groups in total. The summed E-state index contributed by atoms with van der Waals surface area (Å²) in [6.45, 7) is -0.279.